The number of hydrogen-bond donors (Lipinski definition) is 1. The molecule has 94 valence electrons. The second-order valence-corrected chi connectivity index (χ2v) is 5.23. The fraction of sp³-hybridized carbons (Fsp3) is 0.154. The van der Waals surface area contributed by atoms with Crippen molar-refractivity contribution in [1.29, 1.82) is 0 Å². The summed E-state index contributed by atoms with van der Waals surface area (Å²) in [6.45, 7) is 0.809. The fourth-order valence-corrected chi connectivity index (χ4v) is 2.42. The maximum absolute atomic E-state index is 10.7. The molecule has 0 bridgehead atoms. The summed E-state index contributed by atoms with van der Waals surface area (Å²) < 4.78 is 5.51. The monoisotopic (exact) mass is 282 g/mol. The molecule has 5 heteroatoms. The minimum Gasteiger partial charge on any atom is -0.477 e. The maximum Gasteiger partial charge on any atom is 0.345 e. The number of carbonyl (C=O) groups is 1. The highest BCUT2D eigenvalue weighted by Crippen LogP contribution is 2.19. The van der Waals surface area contributed by atoms with Crippen LogP contribution >= 0.6 is 22.9 Å². The second-order valence-electron chi connectivity index (χ2n) is 3.66. The topological polar surface area (TPSA) is 46.5 Å². The van der Waals surface area contributed by atoms with Crippen molar-refractivity contribution in [2.24, 2.45) is 0 Å². The molecule has 0 aliphatic rings. The van der Waals surface area contributed by atoms with Crippen LogP contribution in [-0.4, -0.2) is 11.1 Å². The summed E-state index contributed by atoms with van der Waals surface area (Å²) in [5.74, 6) is -0.905. The van der Waals surface area contributed by atoms with Gasteiger partial charge in [0.15, 0.2) is 0 Å². The summed E-state index contributed by atoms with van der Waals surface area (Å²) in [6, 6.07) is 10.8. The first kappa shape index (κ1) is 13.1. The lowest BCUT2D eigenvalue weighted by Gasteiger charge is -2.04. The molecular weight excluding hydrogens is 272 g/mol. The van der Waals surface area contributed by atoms with Crippen LogP contribution in [0.15, 0.2) is 36.4 Å². The predicted molar refractivity (Wildman–Crippen MR) is 71.2 cm³/mol. The maximum atomic E-state index is 10.7. The molecule has 2 aromatic rings. The third-order valence-corrected chi connectivity index (χ3v) is 3.75. The lowest BCUT2D eigenvalue weighted by molar-refractivity contribution is 0.0702. The van der Waals surface area contributed by atoms with Crippen molar-refractivity contribution in [3.63, 3.8) is 0 Å². The van der Waals surface area contributed by atoms with Gasteiger partial charge < -0.3 is 9.84 Å². The molecule has 1 aromatic carbocycles. The molecule has 2 rings (SSSR count). The van der Waals surface area contributed by atoms with Crippen LogP contribution < -0.4 is 0 Å². The molecular formula is C13H11ClO3S. The number of thiophene rings is 1. The number of hydrogen-bond acceptors (Lipinski definition) is 3. The zero-order chi connectivity index (χ0) is 13.0. The molecule has 1 aromatic heterocycles. The molecule has 0 saturated heterocycles. The summed E-state index contributed by atoms with van der Waals surface area (Å²) in [5, 5.41) is 9.47. The van der Waals surface area contributed by atoms with Gasteiger partial charge in [-0.15, -0.1) is 11.3 Å². The molecule has 1 heterocycles. The number of aromatic carboxylic acids is 1. The van der Waals surface area contributed by atoms with Crippen LogP contribution in [0.2, 0.25) is 5.02 Å². The third kappa shape index (κ3) is 3.32. The minimum absolute atomic E-state index is 0.325. The van der Waals surface area contributed by atoms with Crippen LogP contribution in [0.5, 0.6) is 0 Å². The highest BCUT2D eigenvalue weighted by atomic mass is 35.5. The van der Waals surface area contributed by atoms with Crippen LogP contribution in [-0.2, 0) is 18.0 Å². The molecule has 18 heavy (non-hydrogen) atoms. The van der Waals surface area contributed by atoms with E-state index in [9.17, 15) is 4.79 Å². The van der Waals surface area contributed by atoms with Gasteiger partial charge in [0.1, 0.15) is 4.88 Å². The summed E-state index contributed by atoms with van der Waals surface area (Å²) in [5.41, 5.74) is 0.925. The van der Waals surface area contributed by atoms with Crippen molar-refractivity contribution in [1.82, 2.24) is 0 Å². The number of benzene rings is 1. The fourth-order valence-electron chi connectivity index (χ4n) is 1.45. The molecule has 0 spiro atoms. The summed E-state index contributed by atoms with van der Waals surface area (Å²) in [4.78, 5) is 11.9. The van der Waals surface area contributed by atoms with E-state index in [1.165, 1.54) is 11.3 Å². The van der Waals surface area contributed by atoms with Gasteiger partial charge in [-0.3, -0.25) is 0 Å². The van der Waals surface area contributed by atoms with E-state index in [0.29, 0.717) is 23.1 Å². The van der Waals surface area contributed by atoms with E-state index >= 15 is 0 Å². The molecule has 0 unspecified atom stereocenters. The molecule has 0 aliphatic heterocycles. The zero-order valence-corrected chi connectivity index (χ0v) is 11.0. The van der Waals surface area contributed by atoms with E-state index < -0.39 is 5.97 Å². The Kier molecular flexibility index (Phi) is 4.36. The van der Waals surface area contributed by atoms with Gasteiger partial charge in [-0.1, -0.05) is 29.8 Å². The van der Waals surface area contributed by atoms with Gasteiger partial charge in [-0.05, 0) is 23.8 Å². The van der Waals surface area contributed by atoms with Gasteiger partial charge in [0.2, 0.25) is 0 Å². The Hall–Kier alpha value is -1.36. The summed E-state index contributed by atoms with van der Waals surface area (Å²) in [6.07, 6.45) is 0. The Balaban J connectivity index is 1.88. The van der Waals surface area contributed by atoms with E-state index in [1.807, 2.05) is 24.3 Å². The van der Waals surface area contributed by atoms with Crippen LogP contribution in [0.1, 0.15) is 20.1 Å². The van der Waals surface area contributed by atoms with Crippen LogP contribution in [0, 0.1) is 0 Å². The molecule has 3 nitrogen and oxygen atoms in total. The Bertz CT molecular complexity index is 551. The van der Waals surface area contributed by atoms with Gasteiger partial charge in [0.05, 0.1) is 13.2 Å². The van der Waals surface area contributed by atoms with E-state index in [4.69, 9.17) is 21.4 Å². The molecule has 0 aliphatic carbocycles. The molecule has 0 atom stereocenters. The Morgan fingerprint density at radius 2 is 2.00 bits per heavy atom. The first-order chi connectivity index (χ1) is 8.66. The van der Waals surface area contributed by atoms with Crippen LogP contribution in [0.4, 0.5) is 0 Å². The Morgan fingerprint density at radius 3 is 2.67 bits per heavy atom. The third-order valence-electron chi connectivity index (χ3n) is 2.33. The van der Waals surface area contributed by atoms with Gasteiger partial charge in [-0.25, -0.2) is 4.79 Å². The minimum atomic E-state index is -0.905. The number of carboxylic acid groups (broad SMARTS) is 1. The average molecular weight is 283 g/mol. The summed E-state index contributed by atoms with van der Waals surface area (Å²) >= 11 is 7.22. The van der Waals surface area contributed by atoms with Crippen molar-refractivity contribution >= 4 is 28.9 Å². The van der Waals surface area contributed by atoms with Crippen molar-refractivity contribution in [3.05, 3.63) is 56.7 Å². The molecule has 0 radical (unpaired) electrons. The quantitative estimate of drug-likeness (QED) is 0.907. The molecule has 0 saturated carbocycles. The van der Waals surface area contributed by atoms with E-state index in [0.717, 1.165) is 10.4 Å². The van der Waals surface area contributed by atoms with E-state index in [1.54, 1.807) is 12.1 Å². The van der Waals surface area contributed by atoms with E-state index in [2.05, 4.69) is 0 Å². The van der Waals surface area contributed by atoms with Crippen molar-refractivity contribution in [2.75, 3.05) is 0 Å². The number of halogens is 1. The number of rotatable bonds is 5. The van der Waals surface area contributed by atoms with Gasteiger partial charge in [-0.2, -0.15) is 0 Å². The van der Waals surface area contributed by atoms with Crippen LogP contribution in [0.3, 0.4) is 0 Å². The lowest BCUT2D eigenvalue weighted by Crippen LogP contribution is -1.93. The van der Waals surface area contributed by atoms with Crippen molar-refractivity contribution in [3.8, 4) is 0 Å². The zero-order valence-electron chi connectivity index (χ0n) is 9.43. The van der Waals surface area contributed by atoms with Crippen molar-refractivity contribution < 1.29 is 14.6 Å². The van der Waals surface area contributed by atoms with Gasteiger partial charge in [0, 0.05) is 9.90 Å². The normalized spacial score (nSPS) is 10.5. The van der Waals surface area contributed by atoms with Gasteiger partial charge >= 0.3 is 5.97 Å². The SMILES string of the molecule is O=C(O)c1ccc(COCc2ccccc2Cl)s1. The lowest BCUT2D eigenvalue weighted by atomic mass is 10.2. The van der Waals surface area contributed by atoms with Crippen LogP contribution in [0.25, 0.3) is 0 Å². The predicted octanol–water partition coefficient (Wildman–Crippen LogP) is 3.82. The first-order valence-corrected chi connectivity index (χ1v) is 6.49. The summed E-state index contributed by atoms with van der Waals surface area (Å²) in [7, 11) is 0. The molecule has 0 fully saturated rings. The average Bonchev–Trinajstić information content (AvgIpc) is 2.80. The van der Waals surface area contributed by atoms with Crippen molar-refractivity contribution in [2.45, 2.75) is 13.2 Å². The highest BCUT2D eigenvalue weighted by Gasteiger charge is 2.07. The smallest absolute Gasteiger partial charge is 0.345 e. The Morgan fingerprint density at radius 1 is 1.22 bits per heavy atom. The Labute approximate surface area is 114 Å². The standard InChI is InChI=1S/C13H11ClO3S/c14-11-4-2-1-3-9(11)7-17-8-10-5-6-12(18-10)13(15)16/h1-6H,7-8H2,(H,15,16). The largest absolute Gasteiger partial charge is 0.477 e. The number of carboxylic acids is 1. The second kappa shape index (κ2) is 6.00. The molecule has 0 amide bonds. The first-order valence-electron chi connectivity index (χ1n) is 5.30. The molecule has 1 N–H and O–H groups in total. The van der Waals surface area contributed by atoms with E-state index in [-0.39, 0.29) is 0 Å². The van der Waals surface area contributed by atoms with Gasteiger partial charge in [0.25, 0.3) is 0 Å². The highest BCUT2D eigenvalue weighted by molar-refractivity contribution is 7.13. The number of ether oxygens (including phenoxy) is 1.